The van der Waals surface area contributed by atoms with Gasteiger partial charge in [-0.15, -0.1) is 0 Å². The van der Waals surface area contributed by atoms with Crippen molar-refractivity contribution in [3.05, 3.63) is 28.8 Å². The third kappa shape index (κ3) is 1.60. The van der Waals surface area contributed by atoms with Crippen LogP contribution in [0.25, 0.3) is 5.78 Å². The van der Waals surface area contributed by atoms with Crippen LogP contribution in [0.3, 0.4) is 0 Å². The Morgan fingerprint density at radius 1 is 1.50 bits per heavy atom. The molecule has 0 fully saturated rings. The summed E-state index contributed by atoms with van der Waals surface area (Å²) in [6.45, 7) is 0. The van der Waals surface area contributed by atoms with Gasteiger partial charge in [-0.25, -0.2) is 9.97 Å². The fraction of sp³-hybridized carbons (Fsp3) is 0.125. The predicted octanol–water partition coefficient (Wildman–Crippen LogP) is 1.12. The largest absolute Gasteiger partial charge is 0.481 e. The van der Waals surface area contributed by atoms with Gasteiger partial charge in [-0.3, -0.25) is 9.20 Å². The van der Waals surface area contributed by atoms with E-state index >= 15 is 0 Å². The SMILES string of the molecule is O=C(O)Cc1cnc2ncc(Br)n2c1. The highest BCUT2D eigenvalue weighted by Crippen LogP contribution is 2.12. The molecular formula is C8H6BrN3O2. The Morgan fingerprint density at radius 3 is 2.93 bits per heavy atom. The normalized spacial score (nSPS) is 10.6. The lowest BCUT2D eigenvalue weighted by atomic mass is 10.2. The molecule has 0 aromatic carbocycles. The number of fused-ring (bicyclic) bond motifs is 1. The predicted molar refractivity (Wildman–Crippen MR) is 52.0 cm³/mol. The van der Waals surface area contributed by atoms with Gasteiger partial charge in [-0.1, -0.05) is 0 Å². The Hall–Kier alpha value is -1.43. The molecule has 14 heavy (non-hydrogen) atoms. The number of aliphatic carboxylic acids is 1. The van der Waals surface area contributed by atoms with Gasteiger partial charge in [-0.05, 0) is 21.5 Å². The monoisotopic (exact) mass is 255 g/mol. The smallest absolute Gasteiger partial charge is 0.307 e. The van der Waals surface area contributed by atoms with Crippen LogP contribution < -0.4 is 0 Å². The van der Waals surface area contributed by atoms with Crippen LogP contribution in [0.4, 0.5) is 0 Å². The number of nitrogens with zero attached hydrogens (tertiary/aromatic N) is 3. The average Bonchev–Trinajstić information content (AvgIpc) is 2.47. The number of imidazole rings is 1. The third-order valence-electron chi connectivity index (χ3n) is 1.73. The van der Waals surface area contributed by atoms with Crippen molar-refractivity contribution >= 4 is 27.7 Å². The van der Waals surface area contributed by atoms with Crippen molar-refractivity contribution in [1.29, 1.82) is 0 Å². The van der Waals surface area contributed by atoms with Gasteiger partial charge >= 0.3 is 5.97 Å². The third-order valence-corrected chi connectivity index (χ3v) is 2.32. The van der Waals surface area contributed by atoms with Gasteiger partial charge in [0.1, 0.15) is 4.60 Å². The fourth-order valence-electron chi connectivity index (χ4n) is 1.15. The van der Waals surface area contributed by atoms with Crippen LogP contribution in [-0.2, 0) is 11.2 Å². The minimum absolute atomic E-state index is 0.0342. The van der Waals surface area contributed by atoms with E-state index in [0.29, 0.717) is 11.3 Å². The van der Waals surface area contributed by atoms with Crippen molar-refractivity contribution in [1.82, 2.24) is 14.4 Å². The van der Waals surface area contributed by atoms with Crippen molar-refractivity contribution in [3.63, 3.8) is 0 Å². The molecule has 0 aliphatic rings. The van der Waals surface area contributed by atoms with E-state index in [4.69, 9.17) is 5.11 Å². The van der Waals surface area contributed by atoms with E-state index < -0.39 is 5.97 Å². The summed E-state index contributed by atoms with van der Waals surface area (Å²) < 4.78 is 2.45. The molecule has 0 radical (unpaired) electrons. The van der Waals surface area contributed by atoms with Crippen LogP contribution in [-0.4, -0.2) is 25.4 Å². The van der Waals surface area contributed by atoms with E-state index in [9.17, 15) is 4.79 Å². The maximum absolute atomic E-state index is 10.5. The van der Waals surface area contributed by atoms with Crippen molar-refractivity contribution in [2.75, 3.05) is 0 Å². The van der Waals surface area contributed by atoms with Gasteiger partial charge in [0, 0.05) is 12.4 Å². The second-order valence-corrected chi connectivity index (χ2v) is 3.60. The minimum atomic E-state index is -0.873. The van der Waals surface area contributed by atoms with Crippen LogP contribution in [0.5, 0.6) is 0 Å². The molecule has 2 aromatic heterocycles. The van der Waals surface area contributed by atoms with Crippen molar-refractivity contribution in [3.8, 4) is 0 Å². The molecule has 0 aliphatic heterocycles. The standard InChI is InChI=1S/C8H6BrN3O2/c9-6-3-11-8-10-2-5(1-7(13)14)4-12(6)8/h2-4H,1H2,(H,13,14). The molecule has 2 aromatic rings. The maximum Gasteiger partial charge on any atom is 0.307 e. The van der Waals surface area contributed by atoms with E-state index in [2.05, 4.69) is 25.9 Å². The zero-order valence-corrected chi connectivity index (χ0v) is 8.60. The summed E-state index contributed by atoms with van der Waals surface area (Å²) in [5.41, 5.74) is 0.642. The second-order valence-electron chi connectivity index (χ2n) is 2.78. The number of halogens is 1. The first-order chi connectivity index (χ1) is 6.66. The van der Waals surface area contributed by atoms with Crippen molar-refractivity contribution in [2.24, 2.45) is 0 Å². The lowest BCUT2D eigenvalue weighted by Gasteiger charge is -1.98. The Balaban J connectivity index is 2.49. The summed E-state index contributed by atoms with van der Waals surface area (Å²) in [6.07, 6.45) is 4.80. The zero-order valence-electron chi connectivity index (χ0n) is 7.01. The van der Waals surface area contributed by atoms with Crippen LogP contribution in [0.1, 0.15) is 5.56 Å². The first-order valence-electron chi connectivity index (χ1n) is 3.86. The molecule has 0 amide bonds. The van der Waals surface area contributed by atoms with E-state index in [1.165, 1.54) is 6.20 Å². The number of carbonyl (C=O) groups is 1. The molecule has 0 atom stereocenters. The van der Waals surface area contributed by atoms with E-state index in [1.54, 1.807) is 16.8 Å². The molecule has 5 nitrogen and oxygen atoms in total. The number of carboxylic acid groups (broad SMARTS) is 1. The summed E-state index contributed by atoms with van der Waals surface area (Å²) in [5.74, 6) is -0.326. The number of hydrogen-bond acceptors (Lipinski definition) is 3. The van der Waals surface area contributed by atoms with Crippen LogP contribution in [0, 0.1) is 0 Å². The molecule has 2 rings (SSSR count). The van der Waals surface area contributed by atoms with Crippen molar-refractivity contribution < 1.29 is 9.90 Å². The van der Waals surface area contributed by atoms with Crippen LogP contribution in [0.2, 0.25) is 0 Å². The topological polar surface area (TPSA) is 67.5 Å². The summed E-state index contributed by atoms with van der Waals surface area (Å²) in [4.78, 5) is 18.5. The van der Waals surface area contributed by atoms with Gasteiger partial charge in [0.25, 0.3) is 0 Å². The summed E-state index contributed by atoms with van der Waals surface area (Å²) in [7, 11) is 0. The summed E-state index contributed by atoms with van der Waals surface area (Å²) in [6, 6.07) is 0. The average molecular weight is 256 g/mol. The number of aromatic nitrogens is 3. The van der Waals surface area contributed by atoms with E-state index in [0.717, 1.165) is 4.60 Å². The Kier molecular flexibility index (Phi) is 2.20. The number of rotatable bonds is 2. The molecule has 0 unspecified atom stereocenters. The quantitative estimate of drug-likeness (QED) is 0.874. The number of hydrogen-bond donors (Lipinski definition) is 1. The summed E-state index contributed by atoms with van der Waals surface area (Å²) >= 11 is 3.28. The lowest BCUT2D eigenvalue weighted by molar-refractivity contribution is -0.136. The molecule has 6 heteroatoms. The van der Waals surface area contributed by atoms with Crippen molar-refractivity contribution in [2.45, 2.75) is 6.42 Å². The lowest BCUT2D eigenvalue weighted by Crippen LogP contribution is -2.02. The maximum atomic E-state index is 10.5. The van der Waals surface area contributed by atoms with Gasteiger partial charge in [0.05, 0.1) is 12.6 Å². The Labute approximate surface area is 87.5 Å². The molecule has 0 saturated heterocycles. The number of carboxylic acids is 1. The first-order valence-corrected chi connectivity index (χ1v) is 4.65. The molecule has 0 spiro atoms. The van der Waals surface area contributed by atoms with Gasteiger partial charge in [-0.2, -0.15) is 0 Å². The summed E-state index contributed by atoms with van der Waals surface area (Å²) in [5, 5.41) is 8.59. The molecular weight excluding hydrogens is 250 g/mol. The molecule has 2 heterocycles. The first kappa shape index (κ1) is 9.14. The Bertz CT molecular complexity index is 494. The van der Waals surface area contributed by atoms with Crippen LogP contribution >= 0.6 is 15.9 Å². The van der Waals surface area contributed by atoms with Gasteiger partial charge in [0.15, 0.2) is 0 Å². The highest BCUT2D eigenvalue weighted by Gasteiger charge is 2.05. The molecule has 0 aliphatic carbocycles. The molecule has 0 saturated carbocycles. The molecule has 0 bridgehead atoms. The fourth-order valence-corrected chi connectivity index (χ4v) is 1.51. The molecule has 1 N–H and O–H groups in total. The zero-order chi connectivity index (χ0) is 10.1. The Morgan fingerprint density at radius 2 is 2.21 bits per heavy atom. The van der Waals surface area contributed by atoms with E-state index in [-0.39, 0.29) is 6.42 Å². The highest BCUT2D eigenvalue weighted by atomic mass is 79.9. The molecule has 72 valence electrons. The highest BCUT2D eigenvalue weighted by molar-refractivity contribution is 9.10. The van der Waals surface area contributed by atoms with Gasteiger partial charge in [0.2, 0.25) is 5.78 Å². The van der Waals surface area contributed by atoms with Crippen LogP contribution in [0.15, 0.2) is 23.2 Å². The minimum Gasteiger partial charge on any atom is -0.481 e. The van der Waals surface area contributed by atoms with E-state index in [1.807, 2.05) is 0 Å². The second kappa shape index (κ2) is 3.38. The van der Waals surface area contributed by atoms with Gasteiger partial charge < -0.3 is 5.11 Å².